The number of benzene rings is 2. The number of hydrogen-bond acceptors (Lipinski definition) is 2. The molecule has 18 heavy (non-hydrogen) atoms. The molecular weight excluding hydrogens is 287 g/mol. The van der Waals surface area contributed by atoms with Crippen molar-refractivity contribution in [3.8, 4) is 0 Å². The van der Waals surface area contributed by atoms with Crippen molar-refractivity contribution in [1.82, 2.24) is 0 Å². The van der Waals surface area contributed by atoms with Crippen molar-refractivity contribution in [2.45, 2.75) is 10.1 Å². The maximum absolute atomic E-state index is 11.5. The van der Waals surface area contributed by atoms with Crippen LogP contribution in [0.15, 0.2) is 59.5 Å². The largest absolute Gasteiger partial charge is 0.280 e. The van der Waals surface area contributed by atoms with Gasteiger partial charge >= 0.3 is 0 Å². The summed E-state index contributed by atoms with van der Waals surface area (Å²) < 4.78 is 0. The quantitative estimate of drug-likeness (QED) is 0.587. The third kappa shape index (κ3) is 3.52. The summed E-state index contributed by atoms with van der Waals surface area (Å²) in [6.45, 7) is 0. The average Bonchev–Trinajstić information content (AvgIpc) is 2.38. The second-order valence-electron chi connectivity index (χ2n) is 3.67. The molecule has 0 bridgehead atoms. The van der Waals surface area contributed by atoms with E-state index >= 15 is 0 Å². The van der Waals surface area contributed by atoms with Gasteiger partial charge in [0.2, 0.25) is 5.24 Å². The van der Waals surface area contributed by atoms with E-state index in [2.05, 4.69) is 0 Å². The third-order valence-electron chi connectivity index (χ3n) is 2.38. The van der Waals surface area contributed by atoms with Crippen LogP contribution in [0.1, 0.15) is 10.8 Å². The zero-order valence-electron chi connectivity index (χ0n) is 9.35. The Morgan fingerprint density at radius 2 is 1.61 bits per heavy atom. The van der Waals surface area contributed by atoms with Crippen LogP contribution in [-0.4, -0.2) is 5.24 Å². The van der Waals surface area contributed by atoms with E-state index in [9.17, 15) is 4.79 Å². The second-order valence-corrected chi connectivity index (χ2v) is 5.65. The number of hydrogen-bond donors (Lipinski definition) is 0. The molecule has 0 aliphatic heterocycles. The third-order valence-corrected chi connectivity index (χ3v) is 4.24. The number of rotatable bonds is 4. The molecule has 0 saturated heterocycles. The summed E-state index contributed by atoms with van der Waals surface area (Å²) in [5, 5.41) is -0.0944. The predicted octanol–water partition coefficient (Wildman–Crippen LogP) is 4.94. The first-order chi connectivity index (χ1) is 8.66. The van der Waals surface area contributed by atoms with Crippen LogP contribution in [0.25, 0.3) is 0 Å². The minimum absolute atomic E-state index is 0.374. The van der Waals surface area contributed by atoms with Crippen LogP contribution in [0.4, 0.5) is 0 Å². The minimum atomic E-state index is -0.394. The lowest BCUT2D eigenvalue weighted by Crippen LogP contribution is -2.02. The molecule has 0 heterocycles. The molecule has 1 unspecified atom stereocenters. The van der Waals surface area contributed by atoms with Gasteiger partial charge in [0.25, 0.3) is 0 Å². The molecule has 2 aromatic rings. The van der Waals surface area contributed by atoms with Crippen LogP contribution >= 0.6 is 35.0 Å². The Hall–Kier alpha value is -0.960. The minimum Gasteiger partial charge on any atom is -0.280 e. The maximum atomic E-state index is 11.5. The van der Waals surface area contributed by atoms with Crippen molar-refractivity contribution >= 4 is 40.2 Å². The van der Waals surface area contributed by atoms with Crippen molar-refractivity contribution in [1.29, 1.82) is 0 Å². The van der Waals surface area contributed by atoms with Gasteiger partial charge in [0.15, 0.2) is 0 Å². The van der Waals surface area contributed by atoms with E-state index < -0.39 is 5.25 Å². The molecule has 0 aromatic heterocycles. The summed E-state index contributed by atoms with van der Waals surface area (Å²) in [4.78, 5) is 12.5. The zero-order valence-corrected chi connectivity index (χ0v) is 11.7. The highest BCUT2D eigenvalue weighted by Gasteiger charge is 2.19. The second kappa shape index (κ2) is 6.28. The Labute approximate surface area is 120 Å². The molecule has 4 heteroatoms. The van der Waals surface area contributed by atoms with Crippen LogP contribution in [0, 0.1) is 0 Å². The molecule has 1 atom stereocenters. The molecule has 0 spiro atoms. The normalized spacial score (nSPS) is 12.1. The Bertz CT molecular complexity index is 525. The van der Waals surface area contributed by atoms with Crippen LogP contribution in [-0.2, 0) is 4.79 Å². The molecule has 0 radical (unpaired) electrons. The van der Waals surface area contributed by atoms with Crippen LogP contribution < -0.4 is 0 Å². The van der Waals surface area contributed by atoms with E-state index in [-0.39, 0.29) is 5.24 Å². The molecular formula is C14H10Cl2OS. The van der Waals surface area contributed by atoms with Crippen LogP contribution in [0.3, 0.4) is 0 Å². The maximum Gasteiger partial charge on any atom is 0.239 e. The van der Waals surface area contributed by atoms with Gasteiger partial charge in [-0.15, -0.1) is 11.8 Å². The first-order valence-electron chi connectivity index (χ1n) is 5.33. The Morgan fingerprint density at radius 3 is 2.17 bits per heavy atom. The molecule has 0 N–H and O–H groups in total. The summed E-state index contributed by atoms with van der Waals surface area (Å²) in [6, 6.07) is 16.8. The fourth-order valence-electron chi connectivity index (χ4n) is 1.52. The van der Waals surface area contributed by atoms with Crippen LogP contribution in [0.2, 0.25) is 5.02 Å². The van der Waals surface area contributed by atoms with E-state index in [1.165, 1.54) is 11.8 Å². The van der Waals surface area contributed by atoms with Crippen molar-refractivity contribution in [2.24, 2.45) is 0 Å². The van der Waals surface area contributed by atoms with Crippen LogP contribution in [0.5, 0.6) is 0 Å². The van der Waals surface area contributed by atoms with E-state index in [4.69, 9.17) is 23.2 Å². The fourth-order valence-corrected chi connectivity index (χ4v) is 2.86. The summed E-state index contributed by atoms with van der Waals surface area (Å²) in [5.41, 5.74) is 0.900. The van der Waals surface area contributed by atoms with E-state index in [0.29, 0.717) is 5.02 Å². The molecule has 0 saturated carbocycles. The summed E-state index contributed by atoms with van der Waals surface area (Å²) in [6.07, 6.45) is 0. The molecule has 0 amide bonds. The topological polar surface area (TPSA) is 17.1 Å². The Balaban J connectivity index is 2.22. The van der Waals surface area contributed by atoms with Gasteiger partial charge in [-0.25, -0.2) is 0 Å². The number of halogens is 2. The molecule has 2 rings (SSSR count). The number of thioether (sulfide) groups is 1. The van der Waals surface area contributed by atoms with Gasteiger partial charge in [0.1, 0.15) is 5.25 Å². The van der Waals surface area contributed by atoms with Gasteiger partial charge in [0, 0.05) is 9.92 Å². The summed E-state index contributed by atoms with van der Waals surface area (Å²) in [5.74, 6) is 0. The SMILES string of the molecule is O=C(Cl)C(Sc1ccc(Cl)cc1)c1ccccc1. The van der Waals surface area contributed by atoms with Gasteiger partial charge in [-0.2, -0.15) is 0 Å². The summed E-state index contributed by atoms with van der Waals surface area (Å²) in [7, 11) is 0. The van der Waals surface area contributed by atoms with Crippen molar-refractivity contribution in [3.63, 3.8) is 0 Å². The molecule has 92 valence electrons. The van der Waals surface area contributed by atoms with Gasteiger partial charge in [-0.1, -0.05) is 41.9 Å². The van der Waals surface area contributed by atoms with E-state index in [1.54, 1.807) is 12.1 Å². The molecule has 0 fully saturated rings. The zero-order chi connectivity index (χ0) is 13.0. The lowest BCUT2D eigenvalue weighted by atomic mass is 10.2. The van der Waals surface area contributed by atoms with E-state index in [0.717, 1.165) is 10.5 Å². The molecule has 2 aromatic carbocycles. The predicted molar refractivity (Wildman–Crippen MR) is 77.4 cm³/mol. The average molecular weight is 297 g/mol. The Kier molecular flexibility index (Phi) is 4.70. The van der Waals surface area contributed by atoms with Gasteiger partial charge in [-0.05, 0) is 41.4 Å². The van der Waals surface area contributed by atoms with Gasteiger partial charge < -0.3 is 0 Å². The highest BCUT2D eigenvalue weighted by atomic mass is 35.5. The van der Waals surface area contributed by atoms with Gasteiger partial charge in [-0.3, -0.25) is 4.79 Å². The first-order valence-corrected chi connectivity index (χ1v) is 6.97. The monoisotopic (exact) mass is 296 g/mol. The van der Waals surface area contributed by atoms with E-state index in [1.807, 2.05) is 42.5 Å². The van der Waals surface area contributed by atoms with Crippen molar-refractivity contribution in [3.05, 3.63) is 65.2 Å². The lowest BCUT2D eigenvalue weighted by molar-refractivity contribution is -0.111. The number of carbonyl (C=O) groups excluding carboxylic acids is 1. The standard InChI is InChI=1S/C14H10Cl2OS/c15-11-6-8-12(9-7-11)18-13(14(16)17)10-4-2-1-3-5-10/h1-9,13H. The van der Waals surface area contributed by atoms with Crippen molar-refractivity contribution < 1.29 is 4.79 Å². The summed E-state index contributed by atoms with van der Waals surface area (Å²) >= 11 is 12.9. The highest BCUT2D eigenvalue weighted by molar-refractivity contribution is 8.00. The highest BCUT2D eigenvalue weighted by Crippen LogP contribution is 2.37. The fraction of sp³-hybridized carbons (Fsp3) is 0.0714. The lowest BCUT2D eigenvalue weighted by Gasteiger charge is -2.12. The number of carbonyl (C=O) groups is 1. The smallest absolute Gasteiger partial charge is 0.239 e. The van der Waals surface area contributed by atoms with Crippen molar-refractivity contribution in [2.75, 3.05) is 0 Å². The van der Waals surface area contributed by atoms with Gasteiger partial charge in [0.05, 0.1) is 0 Å². The molecule has 1 nitrogen and oxygen atoms in total. The molecule has 0 aliphatic rings. The first kappa shape index (κ1) is 13.5. The Morgan fingerprint density at radius 1 is 1.00 bits per heavy atom. The molecule has 0 aliphatic carbocycles.